The number of aliphatic hydroxyl groups excluding tert-OH is 1. The van der Waals surface area contributed by atoms with Crippen molar-refractivity contribution in [3.63, 3.8) is 0 Å². The van der Waals surface area contributed by atoms with Gasteiger partial charge in [-0.15, -0.1) is 0 Å². The average Bonchev–Trinajstić information content (AvgIpc) is 2.69. The molecule has 3 N–H and O–H groups in total. The number of likely N-dealkylation sites (N-methyl/N-ethyl adjacent to an activating group) is 1. The molecule has 118 valence electrons. The van der Waals surface area contributed by atoms with E-state index in [-0.39, 0.29) is 30.0 Å². The van der Waals surface area contributed by atoms with Crippen LogP contribution in [-0.4, -0.2) is 60.3 Å². The minimum atomic E-state index is -0.343. The minimum absolute atomic E-state index is 0.0807. The van der Waals surface area contributed by atoms with Crippen molar-refractivity contribution in [3.8, 4) is 0 Å². The van der Waals surface area contributed by atoms with Crippen molar-refractivity contribution in [1.29, 1.82) is 0 Å². The van der Waals surface area contributed by atoms with Crippen LogP contribution in [-0.2, 0) is 0 Å². The van der Waals surface area contributed by atoms with E-state index < -0.39 is 0 Å². The fourth-order valence-electron chi connectivity index (χ4n) is 3.35. The molecule has 0 aromatic heterocycles. The summed E-state index contributed by atoms with van der Waals surface area (Å²) in [5.41, 5.74) is 7.06. The van der Waals surface area contributed by atoms with Gasteiger partial charge in [0.2, 0.25) is 0 Å². The molecule has 4 unspecified atom stereocenters. The molecule has 1 aromatic carbocycles. The molecular formula is C16H26FN3O. The number of likely N-dealkylation sites (tertiary alicyclic amines) is 1. The topological polar surface area (TPSA) is 52.7 Å². The van der Waals surface area contributed by atoms with Crippen LogP contribution in [0.2, 0.25) is 0 Å². The lowest BCUT2D eigenvalue weighted by molar-refractivity contribution is 0.123. The van der Waals surface area contributed by atoms with Gasteiger partial charge in [-0.1, -0.05) is 12.1 Å². The molecule has 2 rings (SSSR count). The van der Waals surface area contributed by atoms with Crippen LogP contribution >= 0.6 is 0 Å². The highest BCUT2D eigenvalue weighted by Crippen LogP contribution is 2.32. The molecule has 1 aliphatic heterocycles. The molecule has 0 aliphatic carbocycles. The number of aliphatic hydroxyl groups is 1. The van der Waals surface area contributed by atoms with E-state index in [0.717, 1.165) is 18.5 Å². The summed E-state index contributed by atoms with van der Waals surface area (Å²) in [6.07, 6.45) is 0.390. The number of hydrogen-bond donors (Lipinski definition) is 2. The summed E-state index contributed by atoms with van der Waals surface area (Å²) in [6, 6.07) is 6.63. The normalized spacial score (nSPS) is 26.2. The van der Waals surface area contributed by atoms with E-state index in [4.69, 9.17) is 5.73 Å². The first-order valence-electron chi connectivity index (χ1n) is 7.48. The van der Waals surface area contributed by atoms with Crippen LogP contribution in [0.5, 0.6) is 0 Å². The lowest BCUT2D eigenvalue weighted by Crippen LogP contribution is -2.45. The fraction of sp³-hybridized carbons (Fsp3) is 0.625. The van der Waals surface area contributed by atoms with Gasteiger partial charge >= 0.3 is 0 Å². The maximum absolute atomic E-state index is 13.5. The number of nitrogens with two attached hydrogens (primary N) is 1. The van der Waals surface area contributed by atoms with E-state index in [0.29, 0.717) is 6.54 Å². The van der Waals surface area contributed by atoms with E-state index >= 15 is 0 Å². The Morgan fingerprint density at radius 3 is 2.76 bits per heavy atom. The molecule has 5 heteroatoms. The molecule has 4 atom stereocenters. The second kappa shape index (κ2) is 6.83. The third-order valence-electron chi connectivity index (χ3n) is 4.06. The number of hydrogen-bond acceptors (Lipinski definition) is 4. The largest absolute Gasteiger partial charge is 0.392 e. The maximum Gasteiger partial charge on any atom is 0.123 e. The number of halogens is 1. The van der Waals surface area contributed by atoms with E-state index in [2.05, 4.69) is 9.80 Å². The summed E-state index contributed by atoms with van der Waals surface area (Å²) in [5.74, 6) is -0.248. The first kappa shape index (κ1) is 16.4. The molecule has 4 nitrogen and oxygen atoms in total. The quantitative estimate of drug-likeness (QED) is 0.857. The SMILES string of the molecule is CC(N)C(c1cccc(F)c1)N1CC(O)CC1CN(C)C. The fourth-order valence-corrected chi connectivity index (χ4v) is 3.35. The second-order valence-corrected chi connectivity index (χ2v) is 6.36. The van der Waals surface area contributed by atoms with Gasteiger partial charge in [0.1, 0.15) is 5.82 Å². The Morgan fingerprint density at radius 2 is 2.19 bits per heavy atom. The van der Waals surface area contributed by atoms with Crippen molar-refractivity contribution < 1.29 is 9.50 Å². The van der Waals surface area contributed by atoms with Crippen molar-refractivity contribution in [2.24, 2.45) is 5.73 Å². The molecule has 0 radical (unpaired) electrons. The van der Waals surface area contributed by atoms with Crippen molar-refractivity contribution >= 4 is 0 Å². The predicted molar refractivity (Wildman–Crippen MR) is 82.5 cm³/mol. The summed E-state index contributed by atoms with van der Waals surface area (Å²) in [5, 5.41) is 10.0. The molecule has 1 fully saturated rings. The zero-order chi connectivity index (χ0) is 15.6. The second-order valence-electron chi connectivity index (χ2n) is 6.36. The number of β-amino-alcohol motifs (C(OH)–C–C–N with tert-alkyl or cyclic N) is 1. The van der Waals surface area contributed by atoms with Crippen LogP contribution in [0.3, 0.4) is 0 Å². The molecule has 21 heavy (non-hydrogen) atoms. The van der Waals surface area contributed by atoms with Crippen LogP contribution in [0.1, 0.15) is 24.9 Å². The summed E-state index contributed by atoms with van der Waals surface area (Å²) >= 11 is 0. The van der Waals surface area contributed by atoms with Gasteiger partial charge in [0, 0.05) is 25.2 Å². The molecule has 0 spiro atoms. The molecule has 1 aliphatic rings. The highest BCUT2D eigenvalue weighted by molar-refractivity contribution is 5.22. The Kier molecular flexibility index (Phi) is 5.32. The monoisotopic (exact) mass is 295 g/mol. The molecular weight excluding hydrogens is 269 g/mol. The van der Waals surface area contributed by atoms with Gasteiger partial charge in [-0.25, -0.2) is 4.39 Å². The Bertz CT molecular complexity index is 467. The Hall–Kier alpha value is -1.01. The minimum Gasteiger partial charge on any atom is -0.392 e. The summed E-state index contributed by atoms with van der Waals surface area (Å²) in [4.78, 5) is 4.34. The standard InChI is InChI=1S/C16H26FN3O/c1-11(18)16(12-5-4-6-13(17)7-12)20-10-15(21)8-14(20)9-19(2)3/h4-7,11,14-16,21H,8-10,18H2,1-3H3. The van der Waals surface area contributed by atoms with E-state index in [1.807, 2.05) is 27.1 Å². The van der Waals surface area contributed by atoms with Crippen LogP contribution in [0.15, 0.2) is 24.3 Å². The summed E-state index contributed by atoms with van der Waals surface area (Å²) < 4.78 is 13.5. The van der Waals surface area contributed by atoms with Crippen molar-refractivity contribution in [2.45, 2.75) is 37.6 Å². The lowest BCUT2D eigenvalue weighted by atomic mass is 9.98. The third kappa shape index (κ3) is 4.01. The van der Waals surface area contributed by atoms with E-state index in [1.165, 1.54) is 6.07 Å². The Balaban J connectivity index is 2.28. The van der Waals surface area contributed by atoms with Gasteiger partial charge in [0.15, 0.2) is 0 Å². The summed E-state index contributed by atoms with van der Waals surface area (Å²) in [6.45, 7) is 3.38. The van der Waals surface area contributed by atoms with E-state index in [9.17, 15) is 9.50 Å². The van der Waals surface area contributed by atoms with Gasteiger partial charge < -0.3 is 15.7 Å². The molecule has 1 aromatic rings. The Labute approximate surface area is 126 Å². The van der Waals surface area contributed by atoms with Crippen molar-refractivity contribution in [1.82, 2.24) is 9.80 Å². The highest BCUT2D eigenvalue weighted by Gasteiger charge is 2.37. The first-order valence-corrected chi connectivity index (χ1v) is 7.48. The van der Waals surface area contributed by atoms with Gasteiger partial charge in [-0.05, 0) is 45.1 Å². The highest BCUT2D eigenvalue weighted by atomic mass is 19.1. The zero-order valence-corrected chi connectivity index (χ0v) is 13.0. The lowest BCUT2D eigenvalue weighted by Gasteiger charge is -2.36. The number of benzene rings is 1. The van der Waals surface area contributed by atoms with Gasteiger partial charge in [0.05, 0.1) is 12.1 Å². The van der Waals surface area contributed by atoms with Crippen LogP contribution < -0.4 is 5.73 Å². The molecule has 0 amide bonds. The smallest absolute Gasteiger partial charge is 0.123 e. The molecule has 1 saturated heterocycles. The van der Waals surface area contributed by atoms with Crippen molar-refractivity contribution in [2.75, 3.05) is 27.2 Å². The van der Waals surface area contributed by atoms with Gasteiger partial charge in [-0.3, -0.25) is 4.90 Å². The van der Waals surface area contributed by atoms with E-state index in [1.54, 1.807) is 12.1 Å². The van der Waals surface area contributed by atoms with Crippen LogP contribution in [0.25, 0.3) is 0 Å². The van der Waals surface area contributed by atoms with Gasteiger partial charge in [-0.2, -0.15) is 0 Å². The van der Waals surface area contributed by atoms with Crippen LogP contribution in [0.4, 0.5) is 4.39 Å². The third-order valence-corrected chi connectivity index (χ3v) is 4.06. The van der Waals surface area contributed by atoms with Crippen molar-refractivity contribution in [3.05, 3.63) is 35.6 Å². The van der Waals surface area contributed by atoms with Gasteiger partial charge in [0.25, 0.3) is 0 Å². The average molecular weight is 295 g/mol. The first-order chi connectivity index (χ1) is 9.88. The predicted octanol–water partition coefficient (Wildman–Crippen LogP) is 1.21. The molecule has 0 saturated carbocycles. The van der Waals surface area contributed by atoms with Crippen LogP contribution in [0, 0.1) is 5.82 Å². The zero-order valence-electron chi connectivity index (χ0n) is 13.0. The number of nitrogens with zero attached hydrogens (tertiary/aromatic N) is 2. The number of rotatable bonds is 5. The summed E-state index contributed by atoms with van der Waals surface area (Å²) in [7, 11) is 4.04. The molecule has 1 heterocycles. The maximum atomic E-state index is 13.5. The Morgan fingerprint density at radius 1 is 1.48 bits per heavy atom. The molecule has 0 bridgehead atoms.